The molecule has 0 atom stereocenters. The van der Waals surface area contributed by atoms with Crippen LogP contribution in [0.2, 0.25) is 0 Å². The van der Waals surface area contributed by atoms with Crippen LogP contribution in [0.4, 0.5) is 16.2 Å². The number of urea groups is 1. The van der Waals surface area contributed by atoms with Crippen LogP contribution in [-0.2, 0) is 6.54 Å². The molecular formula is C19H24N4O2. The average Bonchev–Trinajstić information content (AvgIpc) is 2.64. The molecule has 6 nitrogen and oxygen atoms in total. The number of benzene rings is 1. The molecule has 0 bridgehead atoms. The lowest BCUT2D eigenvalue weighted by atomic mass is 10.1. The number of aromatic nitrogens is 1. The van der Waals surface area contributed by atoms with Crippen molar-refractivity contribution in [3.8, 4) is 0 Å². The highest BCUT2D eigenvalue weighted by Gasteiger charge is 2.14. The fraction of sp³-hybridized carbons (Fsp3) is 0.368. The third-order valence-electron chi connectivity index (χ3n) is 4.47. The number of aromatic amines is 1. The lowest BCUT2D eigenvalue weighted by Gasteiger charge is -2.30. The molecule has 2 amide bonds. The lowest BCUT2D eigenvalue weighted by molar-refractivity contribution is 0.251. The summed E-state index contributed by atoms with van der Waals surface area (Å²) in [7, 11) is 0. The summed E-state index contributed by atoms with van der Waals surface area (Å²) >= 11 is 0. The summed E-state index contributed by atoms with van der Waals surface area (Å²) < 4.78 is 0. The number of para-hydroxylation sites is 1. The Morgan fingerprint density at radius 3 is 2.72 bits per heavy atom. The maximum Gasteiger partial charge on any atom is 0.319 e. The number of anilines is 2. The molecule has 25 heavy (non-hydrogen) atoms. The molecule has 0 unspecified atom stereocenters. The van der Waals surface area contributed by atoms with E-state index in [4.69, 9.17) is 0 Å². The molecule has 132 valence electrons. The fourth-order valence-electron chi connectivity index (χ4n) is 3.12. The van der Waals surface area contributed by atoms with Crippen LogP contribution in [0.5, 0.6) is 0 Å². The Hall–Kier alpha value is -2.76. The summed E-state index contributed by atoms with van der Waals surface area (Å²) in [6.45, 7) is 4.30. The maximum atomic E-state index is 12.1. The van der Waals surface area contributed by atoms with Gasteiger partial charge in [0.1, 0.15) is 0 Å². The zero-order valence-electron chi connectivity index (χ0n) is 14.5. The number of amides is 2. The minimum absolute atomic E-state index is 0.151. The van der Waals surface area contributed by atoms with Crippen molar-refractivity contribution >= 4 is 17.4 Å². The Morgan fingerprint density at radius 2 is 1.96 bits per heavy atom. The number of nitrogens with one attached hydrogen (secondary N) is 3. The van der Waals surface area contributed by atoms with Crippen LogP contribution in [0, 0.1) is 6.92 Å². The summed E-state index contributed by atoms with van der Waals surface area (Å²) in [4.78, 5) is 28.5. The number of carbonyl (C=O) groups is 1. The van der Waals surface area contributed by atoms with Gasteiger partial charge in [0.2, 0.25) is 0 Å². The van der Waals surface area contributed by atoms with E-state index in [1.165, 1.54) is 31.1 Å². The third kappa shape index (κ3) is 4.41. The molecule has 0 spiro atoms. The first-order valence-electron chi connectivity index (χ1n) is 8.70. The number of pyridine rings is 1. The normalized spacial score (nSPS) is 14.2. The number of hydrogen-bond acceptors (Lipinski definition) is 3. The van der Waals surface area contributed by atoms with Crippen molar-refractivity contribution in [1.82, 2.24) is 10.3 Å². The average molecular weight is 340 g/mol. The van der Waals surface area contributed by atoms with E-state index in [0.29, 0.717) is 17.8 Å². The van der Waals surface area contributed by atoms with Gasteiger partial charge in [-0.2, -0.15) is 0 Å². The van der Waals surface area contributed by atoms with Gasteiger partial charge in [-0.05, 0) is 43.9 Å². The summed E-state index contributed by atoms with van der Waals surface area (Å²) in [5.41, 5.74) is 3.29. The first-order chi connectivity index (χ1) is 12.1. The first-order valence-corrected chi connectivity index (χ1v) is 8.70. The number of piperidine rings is 1. The van der Waals surface area contributed by atoms with E-state index in [1.54, 1.807) is 13.0 Å². The highest BCUT2D eigenvalue weighted by atomic mass is 16.2. The SMILES string of the molecule is Cc1cc(NC(=O)NCc2ccccc2N2CCCCC2)c[nH]c1=O. The Kier molecular flexibility index (Phi) is 5.38. The third-order valence-corrected chi connectivity index (χ3v) is 4.47. The molecule has 1 saturated heterocycles. The van der Waals surface area contributed by atoms with Crippen molar-refractivity contribution in [1.29, 1.82) is 0 Å². The van der Waals surface area contributed by atoms with E-state index in [2.05, 4.69) is 26.6 Å². The van der Waals surface area contributed by atoms with Crippen LogP contribution in [0.25, 0.3) is 0 Å². The van der Waals surface area contributed by atoms with Crippen LogP contribution in [0.1, 0.15) is 30.4 Å². The molecule has 0 aliphatic carbocycles. The predicted octanol–water partition coefficient (Wildman–Crippen LogP) is 3.00. The fourth-order valence-corrected chi connectivity index (χ4v) is 3.12. The summed E-state index contributed by atoms with van der Waals surface area (Å²) in [5, 5.41) is 5.64. The molecule has 1 fully saturated rings. The molecule has 6 heteroatoms. The highest BCUT2D eigenvalue weighted by molar-refractivity contribution is 5.89. The highest BCUT2D eigenvalue weighted by Crippen LogP contribution is 2.24. The van der Waals surface area contributed by atoms with E-state index in [9.17, 15) is 9.59 Å². The molecule has 0 saturated carbocycles. The van der Waals surface area contributed by atoms with Crippen LogP contribution >= 0.6 is 0 Å². The number of rotatable bonds is 4. The van der Waals surface area contributed by atoms with Crippen LogP contribution in [-0.4, -0.2) is 24.1 Å². The van der Waals surface area contributed by atoms with Crippen molar-refractivity contribution in [3.63, 3.8) is 0 Å². The van der Waals surface area contributed by atoms with E-state index in [0.717, 1.165) is 18.7 Å². The van der Waals surface area contributed by atoms with E-state index in [1.807, 2.05) is 18.2 Å². The number of H-pyrrole nitrogens is 1. The number of nitrogens with zero attached hydrogens (tertiary/aromatic N) is 1. The summed E-state index contributed by atoms with van der Waals surface area (Å²) in [6, 6.07) is 9.56. The molecule has 3 N–H and O–H groups in total. The lowest BCUT2D eigenvalue weighted by Crippen LogP contribution is -2.32. The van der Waals surface area contributed by atoms with Gasteiger partial charge in [-0.25, -0.2) is 4.79 Å². The van der Waals surface area contributed by atoms with Crippen molar-refractivity contribution in [2.24, 2.45) is 0 Å². The largest absolute Gasteiger partial charge is 0.371 e. The summed E-state index contributed by atoms with van der Waals surface area (Å²) in [6.07, 6.45) is 5.22. The zero-order valence-corrected chi connectivity index (χ0v) is 14.5. The monoisotopic (exact) mass is 340 g/mol. The van der Waals surface area contributed by atoms with Gasteiger partial charge >= 0.3 is 6.03 Å². The van der Waals surface area contributed by atoms with E-state index >= 15 is 0 Å². The topological polar surface area (TPSA) is 77.2 Å². The van der Waals surface area contributed by atoms with Gasteiger partial charge < -0.3 is 20.5 Å². The van der Waals surface area contributed by atoms with Crippen molar-refractivity contribution in [2.45, 2.75) is 32.7 Å². The molecule has 2 heterocycles. The quantitative estimate of drug-likeness (QED) is 0.801. The molecule has 1 aromatic carbocycles. The van der Waals surface area contributed by atoms with Crippen LogP contribution in [0.3, 0.4) is 0 Å². The van der Waals surface area contributed by atoms with Crippen molar-refractivity contribution in [2.75, 3.05) is 23.3 Å². The number of hydrogen-bond donors (Lipinski definition) is 3. The smallest absolute Gasteiger partial charge is 0.319 e. The second-order valence-electron chi connectivity index (χ2n) is 6.38. The molecule has 1 aliphatic heterocycles. The Labute approximate surface area is 147 Å². The maximum absolute atomic E-state index is 12.1. The van der Waals surface area contributed by atoms with Crippen molar-refractivity contribution < 1.29 is 4.79 Å². The van der Waals surface area contributed by atoms with Gasteiger partial charge in [0.25, 0.3) is 5.56 Å². The Balaban J connectivity index is 1.62. The zero-order chi connectivity index (χ0) is 17.6. The molecular weight excluding hydrogens is 316 g/mol. The molecule has 0 radical (unpaired) electrons. The van der Waals surface area contributed by atoms with Crippen LogP contribution < -0.4 is 21.1 Å². The van der Waals surface area contributed by atoms with Crippen LogP contribution in [0.15, 0.2) is 41.3 Å². The van der Waals surface area contributed by atoms with E-state index < -0.39 is 0 Å². The number of carbonyl (C=O) groups excluding carboxylic acids is 1. The van der Waals surface area contributed by atoms with E-state index in [-0.39, 0.29) is 11.6 Å². The van der Waals surface area contributed by atoms with Gasteiger partial charge in [0.05, 0.1) is 5.69 Å². The Morgan fingerprint density at radius 1 is 1.20 bits per heavy atom. The first kappa shape index (κ1) is 17.1. The van der Waals surface area contributed by atoms with Gasteiger partial charge in [-0.1, -0.05) is 18.2 Å². The standard InChI is InChI=1S/C19H24N4O2/c1-14-11-16(13-20-18(14)24)22-19(25)21-12-15-7-3-4-8-17(15)23-9-5-2-6-10-23/h3-4,7-8,11,13H,2,5-6,9-10,12H2,1H3,(H,20,24)(H2,21,22,25). The van der Waals surface area contributed by atoms with Gasteiger partial charge in [-0.15, -0.1) is 0 Å². The second-order valence-corrected chi connectivity index (χ2v) is 6.38. The van der Waals surface area contributed by atoms with Gasteiger partial charge in [-0.3, -0.25) is 4.79 Å². The minimum atomic E-state index is -0.292. The Bertz CT molecular complexity index is 794. The van der Waals surface area contributed by atoms with Crippen molar-refractivity contribution in [3.05, 3.63) is 58.0 Å². The molecule has 2 aromatic rings. The molecule has 1 aromatic heterocycles. The summed E-state index contributed by atoms with van der Waals surface area (Å²) in [5.74, 6) is 0. The molecule has 1 aliphatic rings. The van der Waals surface area contributed by atoms with Gasteiger partial charge in [0, 0.05) is 37.1 Å². The van der Waals surface area contributed by atoms with Gasteiger partial charge in [0.15, 0.2) is 0 Å². The molecule has 3 rings (SSSR count). The second kappa shape index (κ2) is 7.88. The predicted molar refractivity (Wildman–Crippen MR) is 100 cm³/mol. The minimum Gasteiger partial charge on any atom is -0.371 e. The number of aryl methyl sites for hydroxylation is 1.